The molecule has 3 aromatic rings. The quantitative estimate of drug-likeness (QED) is 0.718. The lowest BCUT2D eigenvalue weighted by molar-refractivity contribution is -0.274. The van der Waals surface area contributed by atoms with Gasteiger partial charge in [-0.2, -0.15) is 0 Å². The van der Waals surface area contributed by atoms with Crippen LogP contribution in [0.2, 0.25) is 0 Å². The van der Waals surface area contributed by atoms with Crippen molar-refractivity contribution in [2.24, 2.45) is 0 Å². The second-order valence-corrected chi connectivity index (χ2v) is 3.78. The number of benzene rings is 1. The number of alkyl halides is 3. The fourth-order valence-electron chi connectivity index (χ4n) is 1.89. The van der Waals surface area contributed by atoms with Crippen LogP contribution in [0.4, 0.5) is 13.2 Å². The van der Waals surface area contributed by atoms with E-state index in [1.165, 1.54) is 18.2 Å². The Bertz CT molecular complexity index is 718. The van der Waals surface area contributed by atoms with E-state index in [-0.39, 0.29) is 5.75 Å². The van der Waals surface area contributed by atoms with Crippen molar-refractivity contribution in [3.63, 3.8) is 0 Å². The Kier molecular flexibility index (Phi) is 2.19. The Labute approximate surface area is 99.2 Å². The minimum atomic E-state index is -4.69. The molecule has 0 bridgehead atoms. The topological polar surface area (TPSA) is 37.9 Å². The molecule has 1 N–H and O–H groups in total. The van der Waals surface area contributed by atoms with E-state index in [2.05, 4.69) is 14.7 Å². The van der Waals surface area contributed by atoms with E-state index < -0.39 is 6.36 Å². The zero-order valence-electron chi connectivity index (χ0n) is 8.95. The first kappa shape index (κ1) is 10.9. The summed E-state index contributed by atoms with van der Waals surface area (Å²) < 4.78 is 40.3. The molecule has 0 aliphatic carbocycles. The highest BCUT2D eigenvalue weighted by Gasteiger charge is 2.31. The minimum absolute atomic E-state index is 0.249. The van der Waals surface area contributed by atoms with E-state index in [4.69, 9.17) is 0 Å². The van der Waals surface area contributed by atoms with E-state index in [0.717, 1.165) is 11.0 Å². The average molecular weight is 252 g/mol. The summed E-state index contributed by atoms with van der Waals surface area (Å²) in [5, 5.41) is 0.604. The third kappa shape index (κ3) is 1.85. The van der Waals surface area contributed by atoms with Gasteiger partial charge in [-0.05, 0) is 30.3 Å². The number of ether oxygens (including phenoxy) is 1. The van der Waals surface area contributed by atoms with Crippen LogP contribution in [0.25, 0.3) is 21.9 Å². The summed E-state index contributed by atoms with van der Waals surface area (Å²) in [6.45, 7) is 0. The molecule has 0 saturated carbocycles. The van der Waals surface area contributed by atoms with E-state index in [9.17, 15) is 13.2 Å². The van der Waals surface area contributed by atoms with Gasteiger partial charge in [-0.15, -0.1) is 13.2 Å². The number of nitrogens with one attached hydrogen (secondary N) is 1. The van der Waals surface area contributed by atoms with Crippen LogP contribution in [0.3, 0.4) is 0 Å². The first-order chi connectivity index (χ1) is 8.53. The van der Waals surface area contributed by atoms with Crippen LogP contribution in [-0.4, -0.2) is 16.3 Å². The van der Waals surface area contributed by atoms with E-state index in [1.54, 1.807) is 12.3 Å². The molecule has 0 saturated heterocycles. The van der Waals surface area contributed by atoms with Crippen molar-refractivity contribution in [1.82, 2.24) is 9.97 Å². The van der Waals surface area contributed by atoms with Crippen LogP contribution in [-0.2, 0) is 0 Å². The van der Waals surface area contributed by atoms with Gasteiger partial charge < -0.3 is 9.72 Å². The lowest BCUT2D eigenvalue weighted by atomic mass is 10.2. The van der Waals surface area contributed by atoms with Crippen LogP contribution < -0.4 is 4.74 Å². The third-order valence-corrected chi connectivity index (χ3v) is 2.56. The normalized spacial score (nSPS) is 12.2. The van der Waals surface area contributed by atoms with Crippen molar-refractivity contribution in [3.05, 3.63) is 36.5 Å². The summed E-state index contributed by atoms with van der Waals surface area (Å²) >= 11 is 0. The average Bonchev–Trinajstić information content (AvgIpc) is 2.65. The Balaban J connectivity index is 2.18. The van der Waals surface area contributed by atoms with Crippen LogP contribution in [0.5, 0.6) is 5.75 Å². The lowest BCUT2D eigenvalue weighted by Gasteiger charge is -2.08. The fourth-order valence-corrected chi connectivity index (χ4v) is 1.89. The molecule has 0 amide bonds. The van der Waals surface area contributed by atoms with Gasteiger partial charge in [0.05, 0.1) is 11.0 Å². The molecule has 2 heterocycles. The molecule has 3 rings (SSSR count). The summed E-state index contributed by atoms with van der Waals surface area (Å²) in [4.78, 5) is 7.21. The molecule has 0 unspecified atom stereocenters. The minimum Gasteiger partial charge on any atom is -0.406 e. The van der Waals surface area contributed by atoms with Gasteiger partial charge in [-0.1, -0.05) is 0 Å². The highest BCUT2D eigenvalue weighted by atomic mass is 19.4. The second-order valence-electron chi connectivity index (χ2n) is 3.78. The number of nitrogens with zero attached hydrogens (tertiary/aromatic N) is 1. The molecular weight excluding hydrogens is 245 g/mol. The van der Waals surface area contributed by atoms with Crippen LogP contribution in [0, 0.1) is 0 Å². The molecule has 0 atom stereocenters. The summed E-state index contributed by atoms with van der Waals surface area (Å²) in [7, 11) is 0. The van der Waals surface area contributed by atoms with E-state index >= 15 is 0 Å². The van der Waals surface area contributed by atoms with Gasteiger partial charge >= 0.3 is 6.36 Å². The van der Waals surface area contributed by atoms with Crippen LogP contribution in [0.1, 0.15) is 0 Å². The van der Waals surface area contributed by atoms with E-state index in [0.29, 0.717) is 10.9 Å². The molecule has 2 aromatic heterocycles. The number of aromatic nitrogens is 2. The molecule has 0 fully saturated rings. The predicted octanol–water partition coefficient (Wildman–Crippen LogP) is 3.61. The number of aromatic amines is 1. The zero-order valence-corrected chi connectivity index (χ0v) is 8.95. The Morgan fingerprint density at radius 3 is 2.72 bits per heavy atom. The molecule has 3 nitrogen and oxygen atoms in total. The zero-order chi connectivity index (χ0) is 12.8. The van der Waals surface area contributed by atoms with Crippen molar-refractivity contribution in [2.45, 2.75) is 6.36 Å². The predicted molar refractivity (Wildman–Crippen MR) is 60.3 cm³/mol. The van der Waals surface area contributed by atoms with Crippen LogP contribution >= 0.6 is 0 Å². The standard InChI is InChI=1S/C12H7F3N2O/c13-12(14,15)18-7-3-4-9-8(6-7)11-10(17-9)2-1-5-16-11/h1-6,17H. The van der Waals surface area contributed by atoms with Crippen molar-refractivity contribution < 1.29 is 17.9 Å². The Hall–Kier alpha value is -2.24. The van der Waals surface area contributed by atoms with Crippen molar-refractivity contribution in [2.75, 3.05) is 0 Å². The van der Waals surface area contributed by atoms with Crippen molar-refractivity contribution >= 4 is 21.9 Å². The molecule has 0 spiro atoms. The lowest BCUT2D eigenvalue weighted by Crippen LogP contribution is -2.16. The maximum atomic E-state index is 12.1. The number of hydrogen-bond donors (Lipinski definition) is 1. The molecule has 18 heavy (non-hydrogen) atoms. The molecule has 92 valence electrons. The fraction of sp³-hybridized carbons (Fsp3) is 0.0833. The maximum Gasteiger partial charge on any atom is 0.573 e. The van der Waals surface area contributed by atoms with Gasteiger partial charge in [-0.25, -0.2) is 0 Å². The van der Waals surface area contributed by atoms with Gasteiger partial charge in [0.2, 0.25) is 0 Å². The van der Waals surface area contributed by atoms with Gasteiger partial charge in [0.1, 0.15) is 5.75 Å². The first-order valence-corrected chi connectivity index (χ1v) is 5.15. The number of halogens is 3. The SMILES string of the molecule is FC(F)(F)Oc1ccc2[nH]c3cccnc3c2c1. The number of fused-ring (bicyclic) bond motifs is 3. The number of hydrogen-bond acceptors (Lipinski definition) is 2. The van der Waals surface area contributed by atoms with Gasteiger partial charge in [0.25, 0.3) is 0 Å². The maximum absolute atomic E-state index is 12.1. The summed E-state index contributed by atoms with van der Waals surface area (Å²) in [6, 6.07) is 7.70. The molecule has 0 aliphatic heterocycles. The molecule has 6 heteroatoms. The highest BCUT2D eigenvalue weighted by Crippen LogP contribution is 2.29. The Morgan fingerprint density at radius 1 is 1.11 bits per heavy atom. The Morgan fingerprint density at radius 2 is 1.94 bits per heavy atom. The summed E-state index contributed by atoms with van der Waals surface area (Å²) in [5.74, 6) is -0.249. The number of H-pyrrole nitrogens is 1. The molecular formula is C12H7F3N2O. The number of rotatable bonds is 1. The highest BCUT2D eigenvalue weighted by molar-refractivity contribution is 6.05. The first-order valence-electron chi connectivity index (χ1n) is 5.15. The monoisotopic (exact) mass is 252 g/mol. The molecule has 0 aliphatic rings. The van der Waals surface area contributed by atoms with Gasteiger partial charge in [-0.3, -0.25) is 4.98 Å². The summed E-state index contributed by atoms with van der Waals surface area (Å²) in [5.41, 5.74) is 2.12. The molecule has 0 radical (unpaired) electrons. The van der Waals surface area contributed by atoms with Crippen molar-refractivity contribution in [1.29, 1.82) is 0 Å². The van der Waals surface area contributed by atoms with Gasteiger partial charge in [0, 0.05) is 17.1 Å². The van der Waals surface area contributed by atoms with Crippen LogP contribution in [0.15, 0.2) is 36.5 Å². The third-order valence-electron chi connectivity index (χ3n) is 2.56. The summed E-state index contributed by atoms with van der Waals surface area (Å²) in [6.07, 6.45) is -3.10. The largest absolute Gasteiger partial charge is 0.573 e. The van der Waals surface area contributed by atoms with E-state index in [1.807, 2.05) is 6.07 Å². The van der Waals surface area contributed by atoms with Gasteiger partial charge in [0.15, 0.2) is 0 Å². The number of pyridine rings is 1. The van der Waals surface area contributed by atoms with Crippen molar-refractivity contribution in [3.8, 4) is 5.75 Å². The smallest absolute Gasteiger partial charge is 0.406 e. The second kappa shape index (κ2) is 3.63. The molecule has 1 aromatic carbocycles.